The van der Waals surface area contributed by atoms with E-state index in [-0.39, 0.29) is 0 Å². The van der Waals surface area contributed by atoms with Gasteiger partial charge in [-0.3, -0.25) is 0 Å². The molecule has 0 radical (unpaired) electrons. The number of aromatic nitrogens is 1. The van der Waals surface area contributed by atoms with E-state index < -0.39 is 0 Å². The van der Waals surface area contributed by atoms with Gasteiger partial charge < -0.3 is 19.5 Å². The van der Waals surface area contributed by atoms with Gasteiger partial charge >= 0.3 is 0 Å². The lowest BCUT2D eigenvalue weighted by atomic mass is 9.87. The summed E-state index contributed by atoms with van der Waals surface area (Å²) in [4.78, 5) is 9.60. The molecule has 4 rings (SSSR count). The molecule has 1 atom stereocenters. The third-order valence-electron chi connectivity index (χ3n) is 6.35. The Bertz CT molecular complexity index is 881. The number of pyridine rings is 1. The molecular weight excluding hydrogens is 430 g/mol. The van der Waals surface area contributed by atoms with Crippen molar-refractivity contribution in [1.29, 1.82) is 5.26 Å². The van der Waals surface area contributed by atoms with E-state index in [9.17, 15) is 0 Å². The van der Waals surface area contributed by atoms with Crippen LogP contribution in [-0.2, 0) is 0 Å². The van der Waals surface area contributed by atoms with Gasteiger partial charge in [0.1, 0.15) is 11.9 Å². The van der Waals surface area contributed by atoms with Crippen LogP contribution in [-0.4, -0.2) is 60.6 Å². The number of halogens is 1. The Labute approximate surface area is 181 Å². The molecule has 1 unspecified atom stereocenters. The normalized spacial score (nSPS) is 26.0. The quantitative estimate of drug-likeness (QED) is 0.711. The first kappa shape index (κ1) is 20.6. The molecule has 1 aliphatic carbocycles. The number of hydrogen-bond acceptors (Lipinski definition) is 6. The monoisotopic (exact) mass is 459 g/mol. The van der Waals surface area contributed by atoms with Crippen LogP contribution in [0.25, 0.3) is 11.0 Å². The first-order chi connectivity index (χ1) is 14.0. The number of nitriles is 1. The molecule has 2 aromatic rings. The van der Waals surface area contributed by atoms with E-state index in [1.165, 1.54) is 58.2 Å². The van der Waals surface area contributed by atoms with Crippen LogP contribution < -0.4 is 5.32 Å². The van der Waals surface area contributed by atoms with Gasteiger partial charge in [-0.25, -0.2) is 4.98 Å². The van der Waals surface area contributed by atoms with Crippen LogP contribution in [0.1, 0.15) is 44.3 Å². The maximum absolute atomic E-state index is 9.05. The summed E-state index contributed by atoms with van der Waals surface area (Å²) in [6.07, 6.45) is 9.24. The van der Waals surface area contributed by atoms with Crippen molar-refractivity contribution < 1.29 is 4.42 Å². The average molecular weight is 460 g/mol. The third-order valence-corrected chi connectivity index (χ3v) is 7.16. The first-order valence-corrected chi connectivity index (χ1v) is 11.5. The fraction of sp³-hybridized carbons (Fsp3) is 0.636. The maximum atomic E-state index is 9.05. The molecule has 1 N–H and O–H groups in total. The molecule has 0 spiro atoms. The highest BCUT2D eigenvalue weighted by Gasteiger charge is 2.30. The van der Waals surface area contributed by atoms with Crippen LogP contribution in [0, 0.1) is 17.2 Å². The molecule has 0 bridgehead atoms. The standard InChI is InChI=1S/C22H30BrN5O/c1-27(2)13-15-4-3-9-28(14-15)17-7-5-16(6-8-17)26-22-21(23)19-10-18(11-24)29-20(19)12-25-22/h10,12,15-17H,3-9,13-14H2,1-2H3,(H,25,26). The summed E-state index contributed by atoms with van der Waals surface area (Å²) in [5.74, 6) is 1.97. The predicted molar refractivity (Wildman–Crippen MR) is 119 cm³/mol. The summed E-state index contributed by atoms with van der Waals surface area (Å²) in [7, 11) is 4.37. The molecule has 1 saturated carbocycles. The van der Waals surface area contributed by atoms with Gasteiger partial charge in [0.05, 0.1) is 10.7 Å². The van der Waals surface area contributed by atoms with Crippen molar-refractivity contribution in [3.8, 4) is 6.07 Å². The van der Waals surface area contributed by atoms with E-state index in [0.717, 1.165) is 27.6 Å². The van der Waals surface area contributed by atoms with E-state index >= 15 is 0 Å². The van der Waals surface area contributed by atoms with Gasteiger partial charge in [0.2, 0.25) is 5.76 Å². The summed E-state index contributed by atoms with van der Waals surface area (Å²) >= 11 is 3.65. The lowest BCUT2D eigenvalue weighted by Crippen LogP contribution is -2.47. The Balaban J connectivity index is 1.34. The van der Waals surface area contributed by atoms with Gasteiger partial charge in [0.25, 0.3) is 0 Å². The second-order valence-electron chi connectivity index (χ2n) is 8.84. The summed E-state index contributed by atoms with van der Waals surface area (Å²) < 4.78 is 6.35. The predicted octanol–water partition coefficient (Wildman–Crippen LogP) is 4.46. The Morgan fingerprint density at radius 1 is 1.31 bits per heavy atom. The van der Waals surface area contributed by atoms with Crippen molar-refractivity contribution >= 4 is 32.7 Å². The Hall–Kier alpha value is -1.62. The van der Waals surface area contributed by atoms with Crippen molar-refractivity contribution in [3.05, 3.63) is 22.5 Å². The van der Waals surface area contributed by atoms with Gasteiger partial charge in [-0.15, -0.1) is 0 Å². The van der Waals surface area contributed by atoms with Crippen LogP contribution in [0.2, 0.25) is 0 Å². The highest BCUT2D eigenvalue weighted by Crippen LogP contribution is 2.34. The fourth-order valence-corrected chi connectivity index (χ4v) is 5.54. The van der Waals surface area contributed by atoms with Crippen LogP contribution >= 0.6 is 15.9 Å². The minimum absolute atomic E-state index is 0.314. The fourth-order valence-electron chi connectivity index (χ4n) is 5.01. The molecular formula is C22H30BrN5O. The first-order valence-electron chi connectivity index (χ1n) is 10.7. The van der Waals surface area contributed by atoms with E-state index in [0.29, 0.717) is 17.4 Å². The van der Waals surface area contributed by atoms with Crippen molar-refractivity contribution in [2.75, 3.05) is 39.0 Å². The zero-order valence-electron chi connectivity index (χ0n) is 17.3. The molecule has 2 aliphatic rings. The van der Waals surface area contributed by atoms with E-state index in [1.807, 2.05) is 0 Å². The number of nitrogens with one attached hydrogen (secondary N) is 1. The molecule has 0 aromatic carbocycles. The number of furan rings is 1. The Morgan fingerprint density at radius 3 is 2.83 bits per heavy atom. The van der Waals surface area contributed by atoms with Crippen LogP contribution in [0.15, 0.2) is 21.2 Å². The molecule has 156 valence electrons. The number of hydrogen-bond donors (Lipinski definition) is 1. The molecule has 2 fully saturated rings. The van der Waals surface area contributed by atoms with Gasteiger partial charge in [-0.2, -0.15) is 5.26 Å². The Morgan fingerprint density at radius 2 is 2.10 bits per heavy atom. The highest BCUT2D eigenvalue weighted by molar-refractivity contribution is 9.10. The zero-order chi connectivity index (χ0) is 20.4. The average Bonchev–Trinajstić information content (AvgIpc) is 3.15. The maximum Gasteiger partial charge on any atom is 0.204 e. The lowest BCUT2D eigenvalue weighted by Gasteiger charge is -2.42. The number of fused-ring (bicyclic) bond motifs is 1. The molecule has 6 nitrogen and oxygen atoms in total. The van der Waals surface area contributed by atoms with Gasteiger partial charge in [0.15, 0.2) is 5.58 Å². The number of rotatable bonds is 5. The van der Waals surface area contributed by atoms with Gasteiger partial charge in [-0.1, -0.05) is 0 Å². The second kappa shape index (κ2) is 9.03. The summed E-state index contributed by atoms with van der Waals surface area (Å²) in [5, 5.41) is 13.6. The van der Waals surface area contributed by atoms with Crippen molar-refractivity contribution in [3.63, 3.8) is 0 Å². The largest absolute Gasteiger partial charge is 0.444 e. The van der Waals surface area contributed by atoms with Crippen molar-refractivity contribution in [1.82, 2.24) is 14.8 Å². The zero-order valence-corrected chi connectivity index (χ0v) is 18.9. The molecule has 3 heterocycles. The molecule has 2 aromatic heterocycles. The Kier molecular flexibility index (Phi) is 6.43. The number of nitrogens with zero attached hydrogens (tertiary/aromatic N) is 4. The van der Waals surface area contributed by atoms with E-state index in [4.69, 9.17) is 9.68 Å². The second-order valence-corrected chi connectivity index (χ2v) is 9.63. The number of piperidine rings is 1. The minimum Gasteiger partial charge on any atom is -0.444 e. The molecule has 1 saturated heterocycles. The molecule has 1 aliphatic heterocycles. The van der Waals surface area contributed by atoms with E-state index in [2.05, 4.69) is 56.2 Å². The topological polar surface area (TPSA) is 68.3 Å². The summed E-state index contributed by atoms with van der Waals surface area (Å²) in [6.45, 7) is 3.72. The molecule has 0 amide bonds. The van der Waals surface area contributed by atoms with Crippen LogP contribution in [0.5, 0.6) is 0 Å². The van der Waals surface area contributed by atoms with Crippen LogP contribution in [0.4, 0.5) is 5.82 Å². The smallest absolute Gasteiger partial charge is 0.204 e. The minimum atomic E-state index is 0.314. The highest BCUT2D eigenvalue weighted by atomic mass is 79.9. The summed E-state index contributed by atoms with van der Waals surface area (Å²) in [5.41, 5.74) is 0.639. The van der Waals surface area contributed by atoms with Gasteiger partial charge in [-0.05, 0) is 81.0 Å². The molecule has 7 heteroatoms. The van der Waals surface area contributed by atoms with Crippen LogP contribution in [0.3, 0.4) is 0 Å². The number of anilines is 1. The van der Waals surface area contributed by atoms with Crippen molar-refractivity contribution in [2.24, 2.45) is 5.92 Å². The third kappa shape index (κ3) is 4.76. The number of likely N-dealkylation sites (tertiary alicyclic amines) is 1. The lowest BCUT2D eigenvalue weighted by molar-refractivity contribution is 0.0862. The van der Waals surface area contributed by atoms with Gasteiger partial charge in [0, 0.05) is 36.6 Å². The van der Waals surface area contributed by atoms with E-state index in [1.54, 1.807) is 12.3 Å². The summed E-state index contributed by atoms with van der Waals surface area (Å²) in [6, 6.07) is 4.99. The van der Waals surface area contributed by atoms with Crippen molar-refractivity contribution in [2.45, 2.75) is 50.6 Å². The molecule has 29 heavy (non-hydrogen) atoms. The SMILES string of the molecule is CN(C)CC1CCCN(C2CCC(Nc3ncc4oc(C#N)cc4c3Br)CC2)C1.